The van der Waals surface area contributed by atoms with E-state index in [2.05, 4.69) is 31.9 Å². The summed E-state index contributed by atoms with van der Waals surface area (Å²) < 4.78 is -0.927. The van der Waals surface area contributed by atoms with Crippen LogP contribution in [-0.2, 0) is 0 Å². The summed E-state index contributed by atoms with van der Waals surface area (Å²) >= 11 is 26.5. The molecule has 4 nitrogen and oxygen atoms in total. The maximum absolute atomic E-state index is 12.3. The quantitative estimate of drug-likeness (QED) is 0.332. The fourth-order valence-electron chi connectivity index (χ4n) is 1.87. The van der Waals surface area contributed by atoms with E-state index in [4.69, 9.17) is 47.0 Å². The predicted molar refractivity (Wildman–Crippen MR) is 111 cm³/mol. The van der Waals surface area contributed by atoms with E-state index in [1.165, 1.54) is 0 Å². The molecular weight excluding hydrogens is 469 g/mol. The van der Waals surface area contributed by atoms with E-state index in [1.54, 1.807) is 30.3 Å². The number of nitrogens with one attached hydrogen (secondary N) is 3. The molecule has 2 rings (SSSR count). The molecule has 1 amide bonds. The van der Waals surface area contributed by atoms with Crippen LogP contribution < -0.4 is 16.0 Å². The lowest BCUT2D eigenvalue weighted by atomic mass is 10.2. The number of hydrogen-bond donors (Lipinski definition) is 3. The van der Waals surface area contributed by atoms with Gasteiger partial charge in [0.15, 0.2) is 5.11 Å². The van der Waals surface area contributed by atoms with Gasteiger partial charge in [-0.15, -0.1) is 0 Å². The van der Waals surface area contributed by atoms with Crippen LogP contribution in [0.1, 0.15) is 10.4 Å². The summed E-state index contributed by atoms with van der Waals surface area (Å²) in [4.78, 5) is 12.3. The molecule has 0 radical (unpaired) electrons. The first-order valence-electron chi connectivity index (χ1n) is 7.01. The molecule has 0 bridgehead atoms. The molecule has 0 aromatic heterocycles. The van der Waals surface area contributed by atoms with E-state index in [-0.39, 0.29) is 5.11 Å². The zero-order valence-corrected chi connectivity index (χ0v) is 17.3. The topological polar surface area (TPSA) is 53.2 Å². The van der Waals surface area contributed by atoms with Crippen molar-refractivity contribution < 1.29 is 4.79 Å². The fourth-order valence-corrected chi connectivity index (χ4v) is 2.83. The van der Waals surface area contributed by atoms with Gasteiger partial charge in [-0.05, 0) is 42.5 Å². The second-order valence-corrected chi connectivity index (χ2v) is 8.62. The lowest BCUT2D eigenvalue weighted by molar-refractivity contribution is 0.0934. The van der Waals surface area contributed by atoms with Crippen LogP contribution in [0.5, 0.6) is 0 Å². The Morgan fingerprint density at radius 2 is 1.72 bits per heavy atom. The highest BCUT2D eigenvalue weighted by atomic mass is 79.9. The molecule has 2 aromatic carbocycles. The molecule has 0 spiro atoms. The summed E-state index contributed by atoms with van der Waals surface area (Å²) in [7, 11) is 0. The molecule has 0 heterocycles. The Bertz CT molecular complexity index is 756. The Kier molecular flexibility index (Phi) is 7.34. The van der Waals surface area contributed by atoms with Gasteiger partial charge < -0.3 is 16.0 Å². The van der Waals surface area contributed by atoms with Crippen LogP contribution in [0, 0.1) is 0 Å². The molecule has 0 saturated carbocycles. The first kappa shape index (κ1) is 20.3. The number of carbonyl (C=O) groups is 1. The van der Waals surface area contributed by atoms with Gasteiger partial charge in [-0.1, -0.05) is 75.0 Å². The molecule has 3 N–H and O–H groups in total. The van der Waals surface area contributed by atoms with Crippen molar-refractivity contribution in [1.29, 1.82) is 0 Å². The third-order valence-electron chi connectivity index (χ3n) is 3.00. The smallest absolute Gasteiger partial charge is 0.252 e. The van der Waals surface area contributed by atoms with Crippen LogP contribution in [0.15, 0.2) is 59.1 Å². The minimum atomic E-state index is -1.81. The van der Waals surface area contributed by atoms with Crippen LogP contribution in [-0.4, -0.2) is 21.0 Å². The number of benzene rings is 2. The molecule has 132 valence electrons. The van der Waals surface area contributed by atoms with Crippen molar-refractivity contribution in [2.45, 2.75) is 9.96 Å². The number of thiocarbonyl (C=S) groups is 1. The first-order chi connectivity index (χ1) is 11.8. The maximum atomic E-state index is 12.3. The summed E-state index contributed by atoms with van der Waals surface area (Å²) in [6.45, 7) is 0. The SMILES string of the molecule is O=C(NC(NC(=S)Nc1cccc(Br)c1)C(Cl)(Cl)Cl)c1ccccc1. The monoisotopic (exact) mass is 479 g/mol. The molecule has 0 fully saturated rings. The maximum Gasteiger partial charge on any atom is 0.252 e. The lowest BCUT2D eigenvalue weighted by Crippen LogP contribution is -2.56. The van der Waals surface area contributed by atoms with E-state index in [1.807, 2.05) is 24.3 Å². The van der Waals surface area contributed by atoms with E-state index >= 15 is 0 Å². The standard InChI is InChI=1S/C16H13BrCl3N3OS/c17-11-7-4-8-12(9-11)21-15(25)23-14(16(18,19)20)22-13(24)10-5-2-1-3-6-10/h1-9,14H,(H,22,24)(H2,21,23,25). The zero-order chi connectivity index (χ0) is 18.4. The Labute approximate surface area is 174 Å². The minimum absolute atomic E-state index is 0.197. The van der Waals surface area contributed by atoms with Crippen molar-refractivity contribution in [3.05, 3.63) is 64.6 Å². The van der Waals surface area contributed by atoms with Crippen LogP contribution in [0.2, 0.25) is 0 Å². The van der Waals surface area contributed by atoms with E-state index < -0.39 is 15.9 Å². The van der Waals surface area contributed by atoms with Gasteiger partial charge in [-0.3, -0.25) is 4.79 Å². The summed E-state index contributed by atoms with van der Waals surface area (Å²) in [6, 6.07) is 16.0. The Morgan fingerprint density at radius 3 is 2.32 bits per heavy atom. The van der Waals surface area contributed by atoms with E-state index in [9.17, 15) is 4.79 Å². The third kappa shape index (κ3) is 6.64. The van der Waals surface area contributed by atoms with Crippen molar-refractivity contribution in [3.63, 3.8) is 0 Å². The van der Waals surface area contributed by atoms with Crippen molar-refractivity contribution in [3.8, 4) is 0 Å². The van der Waals surface area contributed by atoms with Gasteiger partial charge in [0.2, 0.25) is 3.79 Å². The molecule has 25 heavy (non-hydrogen) atoms. The van der Waals surface area contributed by atoms with Crippen LogP contribution >= 0.6 is 63.0 Å². The molecule has 0 aliphatic carbocycles. The van der Waals surface area contributed by atoms with Gasteiger partial charge >= 0.3 is 0 Å². The number of rotatable bonds is 4. The second-order valence-electron chi connectivity index (χ2n) is 4.92. The largest absolute Gasteiger partial charge is 0.339 e. The van der Waals surface area contributed by atoms with Crippen molar-refractivity contribution in [2.24, 2.45) is 0 Å². The van der Waals surface area contributed by atoms with Gasteiger partial charge in [-0.2, -0.15) is 0 Å². The van der Waals surface area contributed by atoms with Crippen molar-refractivity contribution in [2.75, 3.05) is 5.32 Å². The average Bonchev–Trinajstić information content (AvgIpc) is 2.54. The molecule has 1 atom stereocenters. The number of alkyl halides is 3. The molecule has 0 saturated heterocycles. The van der Waals surface area contributed by atoms with Crippen molar-refractivity contribution in [1.82, 2.24) is 10.6 Å². The summed E-state index contributed by atoms with van der Waals surface area (Å²) in [6.07, 6.45) is -1.03. The predicted octanol–water partition coefficient (Wildman–Crippen LogP) is 4.86. The van der Waals surface area contributed by atoms with Crippen molar-refractivity contribution >= 4 is 79.7 Å². The highest BCUT2D eigenvalue weighted by Crippen LogP contribution is 2.29. The van der Waals surface area contributed by atoms with Gasteiger partial charge in [0, 0.05) is 15.7 Å². The summed E-state index contributed by atoms with van der Waals surface area (Å²) in [5.74, 6) is -0.394. The average molecular weight is 482 g/mol. The number of halogens is 4. The van der Waals surface area contributed by atoms with E-state index in [0.29, 0.717) is 5.56 Å². The third-order valence-corrected chi connectivity index (χ3v) is 4.36. The summed E-state index contributed by atoms with van der Waals surface area (Å²) in [5, 5.41) is 8.58. The molecule has 0 aliphatic rings. The van der Waals surface area contributed by atoms with Crippen LogP contribution in [0.25, 0.3) is 0 Å². The Balaban J connectivity index is 2.05. The minimum Gasteiger partial charge on any atom is -0.339 e. The van der Waals surface area contributed by atoms with Gasteiger partial charge in [-0.25, -0.2) is 0 Å². The number of amides is 1. The highest BCUT2D eigenvalue weighted by Gasteiger charge is 2.34. The highest BCUT2D eigenvalue weighted by molar-refractivity contribution is 9.10. The van der Waals surface area contributed by atoms with Crippen LogP contribution in [0.3, 0.4) is 0 Å². The number of hydrogen-bond acceptors (Lipinski definition) is 2. The second kappa shape index (κ2) is 9.05. The fraction of sp³-hybridized carbons (Fsp3) is 0.125. The number of anilines is 1. The first-order valence-corrected chi connectivity index (χ1v) is 9.35. The Morgan fingerprint density at radius 1 is 1.04 bits per heavy atom. The molecular formula is C16H13BrCl3N3OS. The zero-order valence-electron chi connectivity index (χ0n) is 12.6. The van der Waals surface area contributed by atoms with Gasteiger partial charge in [0.1, 0.15) is 6.17 Å². The molecule has 1 unspecified atom stereocenters. The van der Waals surface area contributed by atoms with E-state index in [0.717, 1.165) is 10.2 Å². The Hall–Kier alpha value is -1.05. The number of carbonyl (C=O) groups excluding carboxylic acids is 1. The van der Waals surface area contributed by atoms with Gasteiger partial charge in [0.25, 0.3) is 5.91 Å². The molecule has 2 aromatic rings. The normalized spacial score (nSPS) is 12.2. The van der Waals surface area contributed by atoms with Crippen LogP contribution in [0.4, 0.5) is 5.69 Å². The molecule has 9 heteroatoms. The lowest BCUT2D eigenvalue weighted by Gasteiger charge is -2.27. The molecule has 0 aliphatic heterocycles. The van der Waals surface area contributed by atoms with Gasteiger partial charge in [0.05, 0.1) is 0 Å². The summed E-state index contributed by atoms with van der Waals surface area (Å²) in [5.41, 5.74) is 1.18.